The van der Waals surface area contributed by atoms with Gasteiger partial charge in [-0.05, 0) is 38.1 Å². The summed E-state index contributed by atoms with van der Waals surface area (Å²) < 4.78 is 0. The quantitative estimate of drug-likeness (QED) is 0.697. The van der Waals surface area contributed by atoms with E-state index < -0.39 is 0 Å². The molecule has 3 N–H and O–H groups in total. The Bertz CT molecular complexity index is 957. The highest BCUT2D eigenvalue weighted by Gasteiger charge is 2.24. The molecule has 1 amide bonds. The molecule has 0 fully saturated rings. The lowest BCUT2D eigenvalue weighted by Gasteiger charge is -2.21. The highest BCUT2D eigenvalue weighted by Crippen LogP contribution is 2.19. The molecule has 0 aliphatic heterocycles. The molecular weight excluding hydrogens is 346 g/mol. The molecule has 0 aromatic heterocycles. The number of nitrogens with two attached hydrogens (primary N) is 1. The van der Waals surface area contributed by atoms with Crippen LogP contribution in [0.5, 0.6) is 0 Å². The van der Waals surface area contributed by atoms with Gasteiger partial charge in [0.2, 0.25) is 0 Å². The summed E-state index contributed by atoms with van der Waals surface area (Å²) in [7, 11) is 0. The largest absolute Gasteiger partial charge is 0.326 e. The van der Waals surface area contributed by atoms with Gasteiger partial charge in [0, 0.05) is 16.8 Å². The Morgan fingerprint density at radius 1 is 0.929 bits per heavy atom. The molecule has 0 unspecified atom stereocenters. The van der Waals surface area contributed by atoms with Crippen LogP contribution >= 0.6 is 0 Å². The number of anilines is 1. The van der Waals surface area contributed by atoms with E-state index in [0.29, 0.717) is 11.3 Å². The van der Waals surface area contributed by atoms with E-state index in [1.807, 2.05) is 25.1 Å². The van der Waals surface area contributed by atoms with Crippen molar-refractivity contribution in [1.29, 1.82) is 5.26 Å². The maximum absolute atomic E-state index is 12.7. The van der Waals surface area contributed by atoms with Crippen molar-refractivity contribution in [3.8, 4) is 6.07 Å². The van der Waals surface area contributed by atoms with Crippen LogP contribution in [0.15, 0.2) is 78.9 Å². The molecule has 4 nitrogen and oxygen atoms in total. The van der Waals surface area contributed by atoms with Gasteiger partial charge in [0.25, 0.3) is 5.91 Å². The number of aryl methyl sites for hydroxylation is 1. The topological polar surface area (TPSA) is 69.5 Å². The first kappa shape index (κ1) is 19.3. The smallest absolute Gasteiger partial charge is 0.282 e. The summed E-state index contributed by atoms with van der Waals surface area (Å²) in [5.74, 6) is -0.0715. The molecule has 0 radical (unpaired) electrons. The molecule has 0 aliphatic carbocycles. The molecule has 0 aliphatic rings. The molecular formula is C24H24N3O+. The maximum atomic E-state index is 12.7. The van der Waals surface area contributed by atoms with Crippen molar-refractivity contribution in [3.63, 3.8) is 0 Å². The monoisotopic (exact) mass is 370 g/mol. The maximum Gasteiger partial charge on any atom is 0.282 e. The normalized spacial score (nSPS) is 12.6. The number of benzene rings is 3. The van der Waals surface area contributed by atoms with Gasteiger partial charge in [0.15, 0.2) is 6.04 Å². The second-order valence-electron chi connectivity index (χ2n) is 6.96. The van der Waals surface area contributed by atoms with Gasteiger partial charge in [-0.3, -0.25) is 4.79 Å². The fourth-order valence-corrected chi connectivity index (χ4v) is 3.11. The summed E-state index contributed by atoms with van der Waals surface area (Å²) >= 11 is 0. The number of nitriles is 1. The van der Waals surface area contributed by atoms with Crippen LogP contribution < -0.4 is 10.6 Å². The summed E-state index contributed by atoms with van der Waals surface area (Å²) in [6.45, 7) is 3.97. The zero-order valence-electron chi connectivity index (χ0n) is 16.1. The molecule has 3 rings (SSSR count). The molecule has 140 valence electrons. The van der Waals surface area contributed by atoms with Crippen LogP contribution in [0.25, 0.3) is 0 Å². The molecule has 3 aromatic carbocycles. The molecule has 3 aromatic rings. The Morgan fingerprint density at radius 3 is 2.14 bits per heavy atom. The summed E-state index contributed by atoms with van der Waals surface area (Å²) in [5, 5.41) is 13.9. The van der Waals surface area contributed by atoms with Crippen LogP contribution in [0.4, 0.5) is 5.69 Å². The number of amides is 1. The number of carbonyl (C=O) groups excluding carboxylic acids is 1. The highest BCUT2D eigenvalue weighted by molar-refractivity contribution is 5.93. The number of hydrogen-bond donors (Lipinski definition) is 2. The second-order valence-corrected chi connectivity index (χ2v) is 6.96. The number of carbonyl (C=O) groups is 1. The van der Waals surface area contributed by atoms with E-state index in [4.69, 9.17) is 5.26 Å². The average molecular weight is 370 g/mol. The number of nitrogens with one attached hydrogen (secondary N) is 1. The van der Waals surface area contributed by atoms with Crippen molar-refractivity contribution in [2.45, 2.75) is 25.9 Å². The minimum atomic E-state index is -0.290. The standard InChI is InChI=1S/C24H23N3O/c1-17-8-12-21(13-9-17)23(20-6-4-3-5-7-20)26-18(2)24(28)27-22-14-10-19(16-25)11-15-22/h3-15,18,23,26H,1-2H3,(H,27,28)/p+1/t18-,23+/m1/s1. The zero-order chi connectivity index (χ0) is 19.9. The van der Waals surface area contributed by atoms with Gasteiger partial charge in [-0.2, -0.15) is 5.26 Å². The van der Waals surface area contributed by atoms with Crippen LogP contribution in [0, 0.1) is 18.3 Å². The van der Waals surface area contributed by atoms with Gasteiger partial charge in [-0.25, -0.2) is 0 Å². The van der Waals surface area contributed by atoms with Crippen molar-refractivity contribution in [2.24, 2.45) is 0 Å². The van der Waals surface area contributed by atoms with Crippen molar-refractivity contribution in [2.75, 3.05) is 5.32 Å². The van der Waals surface area contributed by atoms with Gasteiger partial charge < -0.3 is 10.6 Å². The predicted molar refractivity (Wildman–Crippen MR) is 111 cm³/mol. The van der Waals surface area contributed by atoms with Crippen LogP contribution in [0.1, 0.15) is 35.2 Å². The summed E-state index contributed by atoms with van der Waals surface area (Å²) in [6.07, 6.45) is 0. The highest BCUT2D eigenvalue weighted by atomic mass is 16.2. The summed E-state index contributed by atoms with van der Waals surface area (Å²) in [5.41, 5.74) is 4.79. The van der Waals surface area contributed by atoms with Crippen LogP contribution in [0.3, 0.4) is 0 Å². The van der Waals surface area contributed by atoms with E-state index in [2.05, 4.69) is 60.0 Å². The third kappa shape index (κ3) is 4.85. The minimum absolute atomic E-state index is 0.0310. The average Bonchev–Trinajstić information content (AvgIpc) is 2.73. The Morgan fingerprint density at radius 2 is 1.54 bits per heavy atom. The first-order chi connectivity index (χ1) is 13.6. The van der Waals surface area contributed by atoms with Gasteiger partial charge in [-0.1, -0.05) is 60.2 Å². The van der Waals surface area contributed by atoms with Gasteiger partial charge in [-0.15, -0.1) is 0 Å². The van der Waals surface area contributed by atoms with Crippen molar-refractivity contribution < 1.29 is 10.1 Å². The number of quaternary nitrogens is 1. The minimum Gasteiger partial charge on any atom is -0.326 e. The van der Waals surface area contributed by atoms with E-state index in [1.165, 1.54) is 5.56 Å². The first-order valence-corrected chi connectivity index (χ1v) is 9.34. The number of rotatable bonds is 6. The molecule has 28 heavy (non-hydrogen) atoms. The Balaban J connectivity index is 1.76. The van der Waals surface area contributed by atoms with Crippen molar-refractivity contribution in [1.82, 2.24) is 0 Å². The fourth-order valence-electron chi connectivity index (χ4n) is 3.11. The lowest BCUT2D eigenvalue weighted by atomic mass is 9.97. The van der Waals surface area contributed by atoms with E-state index in [0.717, 1.165) is 11.1 Å². The van der Waals surface area contributed by atoms with Gasteiger partial charge >= 0.3 is 0 Å². The number of nitrogens with zero attached hydrogens (tertiary/aromatic N) is 1. The van der Waals surface area contributed by atoms with Gasteiger partial charge in [0.05, 0.1) is 11.6 Å². The van der Waals surface area contributed by atoms with E-state index in [9.17, 15) is 4.79 Å². The zero-order valence-corrected chi connectivity index (χ0v) is 16.1. The van der Waals surface area contributed by atoms with Gasteiger partial charge in [0.1, 0.15) is 6.04 Å². The lowest BCUT2D eigenvalue weighted by molar-refractivity contribution is -0.704. The molecule has 0 heterocycles. The van der Waals surface area contributed by atoms with E-state index in [1.54, 1.807) is 24.3 Å². The molecule has 0 saturated carbocycles. The summed E-state index contributed by atoms with van der Waals surface area (Å²) in [6, 6.07) is 27.4. The molecule has 0 spiro atoms. The third-order valence-corrected chi connectivity index (χ3v) is 4.77. The number of hydrogen-bond acceptors (Lipinski definition) is 2. The van der Waals surface area contributed by atoms with Crippen molar-refractivity contribution >= 4 is 11.6 Å². The van der Waals surface area contributed by atoms with Crippen LogP contribution in [-0.4, -0.2) is 11.9 Å². The molecule has 4 heteroatoms. The second kappa shape index (κ2) is 8.98. The molecule has 0 bridgehead atoms. The summed E-state index contributed by atoms with van der Waals surface area (Å²) in [4.78, 5) is 12.7. The van der Waals surface area contributed by atoms with Crippen LogP contribution in [0.2, 0.25) is 0 Å². The lowest BCUT2D eigenvalue weighted by Crippen LogP contribution is -2.92. The van der Waals surface area contributed by atoms with Crippen molar-refractivity contribution in [3.05, 3.63) is 101 Å². The SMILES string of the molecule is Cc1ccc([C@@H]([NH2+][C@H](C)C(=O)Nc2ccc(C#N)cc2)c2ccccc2)cc1. The molecule has 0 saturated heterocycles. The van der Waals surface area contributed by atoms with E-state index >= 15 is 0 Å². The molecule has 2 atom stereocenters. The third-order valence-electron chi connectivity index (χ3n) is 4.77. The fraction of sp³-hybridized carbons (Fsp3) is 0.167. The Hall–Kier alpha value is -3.42. The van der Waals surface area contributed by atoms with Crippen LogP contribution in [-0.2, 0) is 4.79 Å². The predicted octanol–water partition coefficient (Wildman–Crippen LogP) is 3.55. The first-order valence-electron chi connectivity index (χ1n) is 9.34. The van der Waals surface area contributed by atoms with E-state index in [-0.39, 0.29) is 18.0 Å². The Kier molecular flexibility index (Phi) is 6.21. The Labute approximate surface area is 165 Å².